The zero-order valence-corrected chi connectivity index (χ0v) is 11.4. The Kier molecular flexibility index (Phi) is 4.16. The van der Waals surface area contributed by atoms with E-state index >= 15 is 0 Å². The number of carbonyl (C=O) groups excluding carboxylic acids is 1. The Morgan fingerprint density at radius 2 is 2.16 bits per heavy atom. The number of aromatic nitrogens is 3. The lowest BCUT2D eigenvalue weighted by Gasteiger charge is -2.00. The van der Waals surface area contributed by atoms with Crippen molar-refractivity contribution < 1.29 is 4.79 Å². The van der Waals surface area contributed by atoms with Gasteiger partial charge in [-0.2, -0.15) is 9.67 Å². The number of benzene rings is 1. The maximum Gasteiger partial charge on any atom is 0.250 e. The first-order valence-corrected chi connectivity index (χ1v) is 6.52. The average molecular weight is 279 g/mol. The topological polar surface area (TPSA) is 73.8 Å². The molecule has 1 aromatic carbocycles. The molecular weight excluding hydrogens is 264 g/mol. The number of nitrogens with zero attached hydrogens (tertiary/aromatic N) is 3. The van der Waals surface area contributed by atoms with Gasteiger partial charge in [-0.3, -0.25) is 4.79 Å². The number of hydrogen-bond donors (Lipinski definition) is 1. The molecule has 6 heteroatoms. The lowest BCUT2D eigenvalue weighted by atomic mass is 10.2. The van der Waals surface area contributed by atoms with Crippen LogP contribution >= 0.6 is 11.6 Å². The van der Waals surface area contributed by atoms with Crippen LogP contribution in [0.25, 0.3) is 11.4 Å². The number of halogens is 1. The molecule has 0 amide bonds. The third-order valence-corrected chi connectivity index (χ3v) is 3.06. The number of nitrogens with two attached hydrogens (primary N) is 1. The summed E-state index contributed by atoms with van der Waals surface area (Å²) in [5.74, 6) is 0.314. The molecule has 5 nitrogen and oxygen atoms in total. The third-order valence-electron chi connectivity index (χ3n) is 2.73. The van der Waals surface area contributed by atoms with Gasteiger partial charge in [0.2, 0.25) is 11.9 Å². The van der Waals surface area contributed by atoms with E-state index in [1.165, 1.54) is 0 Å². The van der Waals surface area contributed by atoms with E-state index in [9.17, 15) is 4.79 Å². The van der Waals surface area contributed by atoms with Gasteiger partial charge in [0.15, 0.2) is 5.82 Å². The first kappa shape index (κ1) is 13.5. The first-order valence-electron chi connectivity index (χ1n) is 6.14. The Morgan fingerprint density at radius 3 is 2.84 bits per heavy atom. The molecule has 0 fully saturated rings. The molecular formula is C13H15ClN4O. The van der Waals surface area contributed by atoms with Crippen LogP contribution in [-0.4, -0.2) is 20.7 Å². The average Bonchev–Trinajstić information content (AvgIpc) is 2.78. The van der Waals surface area contributed by atoms with E-state index in [4.69, 9.17) is 17.3 Å². The van der Waals surface area contributed by atoms with Crippen LogP contribution in [0.4, 0.5) is 5.95 Å². The summed E-state index contributed by atoms with van der Waals surface area (Å²) in [6.07, 6.45) is 2.16. The van der Waals surface area contributed by atoms with Crippen molar-refractivity contribution in [2.75, 3.05) is 5.73 Å². The van der Waals surface area contributed by atoms with Gasteiger partial charge in [0.25, 0.3) is 0 Å². The van der Waals surface area contributed by atoms with Gasteiger partial charge in [0.05, 0.1) is 5.02 Å². The van der Waals surface area contributed by atoms with Crippen molar-refractivity contribution in [2.24, 2.45) is 0 Å². The van der Waals surface area contributed by atoms with E-state index in [-0.39, 0.29) is 11.9 Å². The fraction of sp³-hybridized carbons (Fsp3) is 0.308. The van der Waals surface area contributed by atoms with E-state index in [0.717, 1.165) is 17.5 Å². The molecule has 1 heterocycles. The second-order valence-corrected chi connectivity index (χ2v) is 4.59. The SMILES string of the molecule is CCCCC(=O)n1nc(-c2ccccc2Cl)nc1N. The Hall–Kier alpha value is -1.88. The molecule has 0 radical (unpaired) electrons. The largest absolute Gasteiger partial charge is 0.368 e. The minimum Gasteiger partial charge on any atom is -0.368 e. The van der Waals surface area contributed by atoms with Crippen LogP contribution in [0.1, 0.15) is 31.0 Å². The second kappa shape index (κ2) is 5.84. The molecule has 19 heavy (non-hydrogen) atoms. The molecule has 0 bridgehead atoms. The van der Waals surface area contributed by atoms with Crippen molar-refractivity contribution in [1.82, 2.24) is 14.8 Å². The lowest BCUT2D eigenvalue weighted by Crippen LogP contribution is -2.14. The molecule has 0 aliphatic rings. The molecule has 0 unspecified atom stereocenters. The molecule has 0 aliphatic carbocycles. The van der Waals surface area contributed by atoms with Crippen molar-refractivity contribution >= 4 is 23.5 Å². The van der Waals surface area contributed by atoms with Crippen molar-refractivity contribution in [3.63, 3.8) is 0 Å². The summed E-state index contributed by atoms with van der Waals surface area (Å²) in [6.45, 7) is 2.02. The van der Waals surface area contributed by atoms with Gasteiger partial charge >= 0.3 is 0 Å². The summed E-state index contributed by atoms with van der Waals surface area (Å²) in [5.41, 5.74) is 6.39. The molecule has 2 rings (SSSR count). The Labute approximate surface area is 116 Å². The fourth-order valence-electron chi connectivity index (χ4n) is 1.70. The zero-order valence-electron chi connectivity index (χ0n) is 10.6. The number of nitrogen functional groups attached to an aromatic ring is 1. The van der Waals surface area contributed by atoms with Gasteiger partial charge in [0, 0.05) is 12.0 Å². The lowest BCUT2D eigenvalue weighted by molar-refractivity contribution is 0.0887. The number of rotatable bonds is 4. The van der Waals surface area contributed by atoms with E-state index in [1.54, 1.807) is 12.1 Å². The number of unbranched alkanes of at least 4 members (excludes halogenated alkanes) is 1. The van der Waals surface area contributed by atoms with E-state index < -0.39 is 0 Å². The summed E-state index contributed by atoms with van der Waals surface area (Å²) in [7, 11) is 0. The minimum atomic E-state index is -0.148. The summed E-state index contributed by atoms with van der Waals surface area (Å²) < 4.78 is 1.15. The van der Waals surface area contributed by atoms with Crippen LogP contribution in [-0.2, 0) is 0 Å². The Morgan fingerprint density at radius 1 is 1.42 bits per heavy atom. The first-order chi connectivity index (χ1) is 9.13. The summed E-state index contributed by atoms with van der Waals surface area (Å²) in [5, 5.41) is 4.67. The Bertz CT molecular complexity index is 594. The highest BCUT2D eigenvalue weighted by Crippen LogP contribution is 2.25. The maximum absolute atomic E-state index is 11.9. The molecule has 0 spiro atoms. The van der Waals surface area contributed by atoms with Gasteiger partial charge in [-0.1, -0.05) is 37.1 Å². The van der Waals surface area contributed by atoms with E-state index in [2.05, 4.69) is 10.1 Å². The summed E-state index contributed by atoms with van der Waals surface area (Å²) in [4.78, 5) is 16.0. The van der Waals surface area contributed by atoms with Crippen LogP contribution < -0.4 is 5.73 Å². The highest BCUT2D eigenvalue weighted by Gasteiger charge is 2.15. The minimum absolute atomic E-state index is 0.0935. The molecule has 100 valence electrons. The molecule has 2 aromatic rings. The van der Waals surface area contributed by atoms with Crippen LogP contribution in [0.3, 0.4) is 0 Å². The molecule has 2 N–H and O–H groups in total. The quantitative estimate of drug-likeness (QED) is 0.933. The highest BCUT2D eigenvalue weighted by atomic mass is 35.5. The fourth-order valence-corrected chi connectivity index (χ4v) is 1.92. The van der Waals surface area contributed by atoms with Gasteiger partial charge < -0.3 is 5.73 Å². The van der Waals surface area contributed by atoms with Gasteiger partial charge in [-0.25, -0.2) is 0 Å². The normalized spacial score (nSPS) is 10.6. The van der Waals surface area contributed by atoms with Crippen molar-refractivity contribution in [1.29, 1.82) is 0 Å². The van der Waals surface area contributed by atoms with Crippen LogP contribution in [0.5, 0.6) is 0 Å². The molecule has 0 aliphatic heterocycles. The second-order valence-electron chi connectivity index (χ2n) is 4.18. The van der Waals surface area contributed by atoms with Crippen LogP contribution in [0, 0.1) is 0 Å². The van der Waals surface area contributed by atoms with Crippen molar-refractivity contribution in [2.45, 2.75) is 26.2 Å². The maximum atomic E-state index is 11.9. The monoisotopic (exact) mass is 278 g/mol. The third kappa shape index (κ3) is 2.93. The van der Waals surface area contributed by atoms with E-state index in [0.29, 0.717) is 22.8 Å². The highest BCUT2D eigenvalue weighted by molar-refractivity contribution is 6.33. The predicted octanol–water partition coefficient (Wildman–Crippen LogP) is 3.01. The zero-order chi connectivity index (χ0) is 13.8. The van der Waals surface area contributed by atoms with Gasteiger partial charge in [0.1, 0.15) is 0 Å². The standard InChI is InChI=1S/C13H15ClN4O/c1-2-3-8-11(19)18-13(15)16-12(17-18)9-6-4-5-7-10(9)14/h4-7H,2-3,8H2,1H3,(H2,15,16,17). The van der Waals surface area contributed by atoms with E-state index in [1.807, 2.05) is 19.1 Å². The predicted molar refractivity (Wildman–Crippen MR) is 75.0 cm³/mol. The molecule has 0 saturated heterocycles. The summed E-state index contributed by atoms with van der Waals surface area (Å²) >= 11 is 6.07. The molecule has 0 saturated carbocycles. The van der Waals surface area contributed by atoms with Crippen molar-refractivity contribution in [3.05, 3.63) is 29.3 Å². The van der Waals surface area contributed by atoms with Crippen LogP contribution in [0.15, 0.2) is 24.3 Å². The number of hydrogen-bond acceptors (Lipinski definition) is 4. The number of anilines is 1. The number of carbonyl (C=O) groups is 1. The van der Waals surface area contributed by atoms with Gasteiger partial charge in [-0.05, 0) is 18.6 Å². The Balaban J connectivity index is 2.31. The van der Waals surface area contributed by atoms with Crippen molar-refractivity contribution in [3.8, 4) is 11.4 Å². The molecule has 1 aromatic heterocycles. The van der Waals surface area contributed by atoms with Gasteiger partial charge in [-0.15, -0.1) is 5.10 Å². The molecule has 0 atom stereocenters. The smallest absolute Gasteiger partial charge is 0.250 e. The summed E-state index contributed by atoms with van der Waals surface area (Å²) in [6, 6.07) is 7.18. The van der Waals surface area contributed by atoms with Crippen LogP contribution in [0.2, 0.25) is 5.02 Å².